The van der Waals surface area contributed by atoms with Crippen LogP contribution in [0.25, 0.3) is 0 Å². The van der Waals surface area contributed by atoms with Gasteiger partial charge in [0.25, 0.3) is 0 Å². The second kappa shape index (κ2) is 4.44. The number of hydrogen-bond acceptors (Lipinski definition) is 4. The van der Waals surface area contributed by atoms with E-state index in [4.69, 9.17) is 14.8 Å². The summed E-state index contributed by atoms with van der Waals surface area (Å²) in [6.45, 7) is 1.84. The van der Waals surface area contributed by atoms with E-state index in [2.05, 4.69) is 5.32 Å². The fraction of sp³-hybridized carbons (Fsp3) is 0.333. The molecule has 14 heavy (non-hydrogen) atoms. The van der Waals surface area contributed by atoms with Crippen molar-refractivity contribution in [2.24, 2.45) is 0 Å². The summed E-state index contributed by atoms with van der Waals surface area (Å²) in [4.78, 5) is 10.4. The molecule has 0 saturated carbocycles. The molecule has 1 heterocycles. The summed E-state index contributed by atoms with van der Waals surface area (Å²) in [7, 11) is 0. The molecule has 0 aliphatic heterocycles. The summed E-state index contributed by atoms with van der Waals surface area (Å²) in [5.74, 6) is -0.142. The molecule has 74 valence electrons. The van der Waals surface area contributed by atoms with Gasteiger partial charge in [0, 0.05) is 0 Å². The standard InChI is InChI=1S/C9H10N2O3/c1-6(9(12)13)11-5-8-3-2-7(4-10)14-8/h2-3,6,11H,5H2,1H3,(H,12,13). The highest BCUT2D eigenvalue weighted by Crippen LogP contribution is 2.05. The second-order valence-electron chi connectivity index (χ2n) is 2.82. The molecule has 0 aliphatic rings. The average Bonchev–Trinajstić information content (AvgIpc) is 2.61. The molecular weight excluding hydrogens is 184 g/mol. The monoisotopic (exact) mass is 194 g/mol. The van der Waals surface area contributed by atoms with E-state index in [0.29, 0.717) is 12.3 Å². The molecule has 0 saturated heterocycles. The molecule has 1 rings (SSSR count). The smallest absolute Gasteiger partial charge is 0.320 e. The van der Waals surface area contributed by atoms with E-state index in [9.17, 15) is 4.79 Å². The topological polar surface area (TPSA) is 86.3 Å². The van der Waals surface area contributed by atoms with Gasteiger partial charge in [0.2, 0.25) is 5.76 Å². The number of hydrogen-bond donors (Lipinski definition) is 2. The van der Waals surface area contributed by atoms with E-state index < -0.39 is 12.0 Å². The molecule has 1 aromatic rings. The van der Waals surface area contributed by atoms with Gasteiger partial charge < -0.3 is 9.52 Å². The molecular formula is C9H10N2O3. The van der Waals surface area contributed by atoms with Crippen molar-refractivity contribution in [1.29, 1.82) is 5.26 Å². The molecule has 0 aromatic carbocycles. The largest absolute Gasteiger partial charge is 0.480 e. The van der Waals surface area contributed by atoms with Crippen molar-refractivity contribution >= 4 is 5.97 Å². The van der Waals surface area contributed by atoms with Crippen LogP contribution in [0.2, 0.25) is 0 Å². The van der Waals surface area contributed by atoms with E-state index >= 15 is 0 Å². The molecule has 0 bridgehead atoms. The Morgan fingerprint density at radius 2 is 2.50 bits per heavy atom. The quantitative estimate of drug-likeness (QED) is 0.737. The summed E-state index contributed by atoms with van der Waals surface area (Å²) in [5.41, 5.74) is 0. The van der Waals surface area contributed by atoms with Crippen LogP contribution in [0.4, 0.5) is 0 Å². The Kier molecular flexibility index (Phi) is 3.26. The zero-order valence-corrected chi connectivity index (χ0v) is 7.65. The third-order valence-corrected chi connectivity index (χ3v) is 1.72. The van der Waals surface area contributed by atoms with Gasteiger partial charge in [-0.15, -0.1) is 0 Å². The van der Waals surface area contributed by atoms with Gasteiger partial charge in [0.15, 0.2) is 0 Å². The Bertz CT molecular complexity index is 364. The number of nitrogens with zero attached hydrogens (tertiary/aromatic N) is 1. The number of aliphatic carboxylic acids is 1. The zero-order valence-electron chi connectivity index (χ0n) is 7.65. The summed E-state index contributed by atoms with van der Waals surface area (Å²) in [6.07, 6.45) is 0. The number of carboxylic acid groups (broad SMARTS) is 1. The number of furan rings is 1. The van der Waals surface area contributed by atoms with Crippen LogP contribution in [-0.4, -0.2) is 17.1 Å². The predicted octanol–water partition coefficient (Wildman–Crippen LogP) is 0.714. The van der Waals surface area contributed by atoms with Crippen molar-refractivity contribution in [3.63, 3.8) is 0 Å². The molecule has 5 heteroatoms. The minimum absolute atomic E-state index is 0.227. The minimum atomic E-state index is -0.919. The van der Waals surface area contributed by atoms with E-state index in [1.165, 1.54) is 6.92 Å². The lowest BCUT2D eigenvalue weighted by molar-refractivity contribution is -0.139. The van der Waals surface area contributed by atoms with Gasteiger partial charge in [-0.1, -0.05) is 0 Å². The Morgan fingerprint density at radius 3 is 3.00 bits per heavy atom. The van der Waals surface area contributed by atoms with Gasteiger partial charge in [-0.2, -0.15) is 5.26 Å². The lowest BCUT2D eigenvalue weighted by Gasteiger charge is -2.06. The van der Waals surface area contributed by atoms with E-state index in [0.717, 1.165) is 0 Å². The highest BCUT2D eigenvalue weighted by molar-refractivity contribution is 5.72. The van der Waals surface area contributed by atoms with Crippen LogP contribution in [0, 0.1) is 11.3 Å². The molecule has 1 unspecified atom stereocenters. The van der Waals surface area contributed by atoms with Crippen LogP contribution in [0.5, 0.6) is 0 Å². The van der Waals surface area contributed by atoms with Crippen molar-refractivity contribution in [3.05, 3.63) is 23.7 Å². The lowest BCUT2D eigenvalue weighted by Crippen LogP contribution is -2.32. The first-order valence-corrected chi connectivity index (χ1v) is 4.08. The minimum Gasteiger partial charge on any atom is -0.480 e. The Balaban J connectivity index is 2.46. The molecule has 0 amide bonds. The molecule has 1 aromatic heterocycles. The first-order valence-electron chi connectivity index (χ1n) is 4.08. The third-order valence-electron chi connectivity index (χ3n) is 1.72. The van der Waals surface area contributed by atoms with Crippen LogP contribution < -0.4 is 5.32 Å². The van der Waals surface area contributed by atoms with Crippen molar-refractivity contribution in [2.45, 2.75) is 19.5 Å². The summed E-state index contributed by atoms with van der Waals surface area (Å²) < 4.78 is 5.05. The average molecular weight is 194 g/mol. The number of carboxylic acids is 1. The Hall–Kier alpha value is -1.80. The Labute approximate surface area is 80.9 Å². The predicted molar refractivity (Wildman–Crippen MR) is 47.4 cm³/mol. The van der Waals surface area contributed by atoms with Crippen LogP contribution >= 0.6 is 0 Å². The lowest BCUT2D eigenvalue weighted by atomic mass is 10.3. The van der Waals surface area contributed by atoms with Gasteiger partial charge in [-0.25, -0.2) is 0 Å². The van der Waals surface area contributed by atoms with E-state index in [1.54, 1.807) is 12.1 Å². The van der Waals surface area contributed by atoms with Crippen LogP contribution in [0.15, 0.2) is 16.5 Å². The first-order chi connectivity index (χ1) is 6.63. The van der Waals surface area contributed by atoms with Gasteiger partial charge in [0.05, 0.1) is 6.54 Å². The van der Waals surface area contributed by atoms with Crippen LogP contribution in [-0.2, 0) is 11.3 Å². The van der Waals surface area contributed by atoms with Crippen LogP contribution in [0.1, 0.15) is 18.4 Å². The van der Waals surface area contributed by atoms with Gasteiger partial charge in [-0.05, 0) is 19.1 Å². The highest BCUT2D eigenvalue weighted by Gasteiger charge is 2.10. The van der Waals surface area contributed by atoms with E-state index in [1.807, 2.05) is 6.07 Å². The molecule has 0 aliphatic carbocycles. The van der Waals surface area contributed by atoms with Crippen molar-refractivity contribution in [2.75, 3.05) is 0 Å². The molecule has 2 N–H and O–H groups in total. The summed E-state index contributed by atoms with van der Waals surface area (Å²) >= 11 is 0. The van der Waals surface area contributed by atoms with E-state index in [-0.39, 0.29) is 5.76 Å². The fourth-order valence-corrected chi connectivity index (χ4v) is 0.874. The van der Waals surface area contributed by atoms with Crippen molar-refractivity contribution in [1.82, 2.24) is 5.32 Å². The molecule has 5 nitrogen and oxygen atoms in total. The summed E-state index contributed by atoms with van der Waals surface area (Å²) in [6, 6.07) is 4.40. The second-order valence-corrected chi connectivity index (χ2v) is 2.82. The molecule has 0 spiro atoms. The van der Waals surface area contributed by atoms with Crippen LogP contribution in [0.3, 0.4) is 0 Å². The first kappa shape index (κ1) is 10.3. The summed E-state index contributed by atoms with van der Waals surface area (Å²) in [5, 5.41) is 19.8. The van der Waals surface area contributed by atoms with Crippen molar-refractivity contribution < 1.29 is 14.3 Å². The number of nitriles is 1. The van der Waals surface area contributed by atoms with Crippen molar-refractivity contribution in [3.8, 4) is 6.07 Å². The van der Waals surface area contributed by atoms with Gasteiger partial charge in [-0.3, -0.25) is 10.1 Å². The maximum Gasteiger partial charge on any atom is 0.320 e. The molecule has 1 atom stereocenters. The Morgan fingerprint density at radius 1 is 1.79 bits per heavy atom. The number of nitrogens with one attached hydrogen (secondary N) is 1. The fourth-order valence-electron chi connectivity index (χ4n) is 0.874. The maximum absolute atomic E-state index is 10.4. The molecule has 0 radical (unpaired) electrons. The highest BCUT2D eigenvalue weighted by atomic mass is 16.4. The van der Waals surface area contributed by atoms with Gasteiger partial charge in [0.1, 0.15) is 17.9 Å². The van der Waals surface area contributed by atoms with Gasteiger partial charge >= 0.3 is 5.97 Å². The SMILES string of the molecule is CC(NCc1ccc(C#N)o1)C(=O)O. The third kappa shape index (κ3) is 2.61. The maximum atomic E-state index is 10.4. The zero-order chi connectivity index (χ0) is 10.6. The number of rotatable bonds is 4. The number of carbonyl (C=O) groups is 1. The molecule has 0 fully saturated rings. The normalized spacial score (nSPS) is 12.0.